The van der Waals surface area contributed by atoms with E-state index in [1.165, 1.54) is 6.33 Å². The van der Waals surface area contributed by atoms with Gasteiger partial charge in [-0.2, -0.15) is 0 Å². The average Bonchev–Trinajstić information content (AvgIpc) is 2.76. The van der Waals surface area contributed by atoms with E-state index in [1.54, 1.807) is 12.3 Å². The highest BCUT2D eigenvalue weighted by molar-refractivity contribution is 5.97. The molecule has 1 aromatic heterocycles. The number of likely N-dealkylation sites (tertiary alicyclic amines) is 1. The van der Waals surface area contributed by atoms with Crippen LogP contribution < -0.4 is 9.47 Å². The fraction of sp³-hybridized carbons (Fsp3) is 0.227. The van der Waals surface area contributed by atoms with E-state index in [0.717, 1.165) is 12.8 Å². The molecule has 0 saturated carbocycles. The lowest BCUT2D eigenvalue weighted by Gasteiger charge is -2.32. The smallest absolute Gasteiger partial charge is 0.257 e. The third kappa shape index (κ3) is 4.28. The molecule has 6 heteroatoms. The van der Waals surface area contributed by atoms with Crippen molar-refractivity contribution in [1.82, 2.24) is 14.9 Å². The first-order valence-corrected chi connectivity index (χ1v) is 9.33. The lowest BCUT2D eigenvalue weighted by Crippen LogP contribution is -2.42. The molecule has 28 heavy (non-hydrogen) atoms. The SMILES string of the molecule is O=C(c1ccccc1Oc1ccccc1)N1CCC(Oc2ccncn2)CC1. The van der Waals surface area contributed by atoms with E-state index < -0.39 is 0 Å². The van der Waals surface area contributed by atoms with Gasteiger partial charge in [-0.05, 0) is 24.3 Å². The number of carbonyl (C=O) groups is 1. The Morgan fingerprint density at radius 1 is 0.964 bits per heavy atom. The van der Waals surface area contributed by atoms with E-state index in [9.17, 15) is 4.79 Å². The summed E-state index contributed by atoms with van der Waals surface area (Å²) in [5.74, 6) is 1.83. The average molecular weight is 375 g/mol. The molecule has 3 aromatic rings. The normalized spacial score (nSPS) is 14.5. The van der Waals surface area contributed by atoms with E-state index in [1.807, 2.05) is 59.5 Å². The number of nitrogens with zero attached hydrogens (tertiary/aromatic N) is 3. The highest BCUT2D eigenvalue weighted by Crippen LogP contribution is 2.27. The summed E-state index contributed by atoms with van der Waals surface area (Å²) in [5.41, 5.74) is 0.571. The number of carbonyl (C=O) groups excluding carboxylic acids is 1. The number of piperidine rings is 1. The Morgan fingerprint density at radius 2 is 1.71 bits per heavy atom. The summed E-state index contributed by atoms with van der Waals surface area (Å²) in [5, 5.41) is 0. The first-order valence-electron chi connectivity index (χ1n) is 9.33. The van der Waals surface area contributed by atoms with Crippen molar-refractivity contribution in [3.05, 3.63) is 78.8 Å². The molecule has 2 aromatic carbocycles. The molecular weight excluding hydrogens is 354 g/mol. The first-order chi connectivity index (χ1) is 13.8. The van der Waals surface area contributed by atoms with E-state index in [-0.39, 0.29) is 12.0 Å². The van der Waals surface area contributed by atoms with Crippen LogP contribution in [0.4, 0.5) is 0 Å². The van der Waals surface area contributed by atoms with Crippen LogP contribution in [0.2, 0.25) is 0 Å². The van der Waals surface area contributed by atoms with Crippen LogP contribution in [0.1, 0.15) is 23.2 Å². The Labute approximate surface area is 163 Å². The number of hydrogen-bond acceptors (Lipinski definition) is 5. The highest BCUT2D eigenvalue weighted by Gasteiger charge is 2.26. The summed E-state index contributed by atoms with van der Waals surface area (Å²) < 4.78 is 11.8. The molecule has 1 amide bonds. The van der Waals surface area contributed by atoms with Gasteiger partial charge < -0.3 is 14.4 Å². The minimum absolute atomic E-state index is 0.0213. The van der Waals surface area contributed by atoms with Crippen molar-refractivity contribution in [2.45, 2.75) is 18.9 Å². The van der Waals surface area contributed by atoms with Gasteiger partial charge in [0.05, 0.1) is 5.56 Å². The Hall–Kier alpha value is -3.41. The standard InChI is InChI=1S/C22H21N3O3/c26-22(19-8-4-5-9-20(19)27-17-6-2-1-3-7-17)25-14-11-18(12-15-25)28-21-10-13-23-16-24-21/h1-10,13,16,18H,11-12,14-15H2. The van der Waals surface area contributed by atoms with Crippen molar-refractivity contribution in [1.29, 1.82) is 0 Å². The topological polar surface area (TPSA) is 64.5 Å². The van der Waals surface area contributed by atoms with Gasteiger partial charge >= 0.3 is 0 Å². The van der Waals surface area contributed by atoms with Gasteiger partial charge in [-0.25, -0.2) is 9.97 Å². The second-order valence-electron chi connectivity index (χ2n) is 6.57. The van der Waals surface area contributed by atoms with Gasteiger partial charge in [-0.15, -0.1) is 0 Å². The summed E-state index contributed by atoms with van der Waals surface area (Å²) in [6.07, 6.45) is 4.70. The van der Waals surface area contributed by atoms with Crippen LogP contribution in [-0.4, -0.2) is 40.0 Å². The molecule has 4 rings (SSSR count). The fourth-order valence-electron chi connectivity index (χ4n) is 3.21. The molecular formula is C22H21N3O3. The van der Waals surface area contributed by atoms with Crippen molar-refractivity contribution in [2.24, 2.45) is 0 Å². The van der Waals surface area contributed by atoms with Crippen LogP contribution >= 0.6 is 0 Å². The van der Waals surface area contributed by atoms with Crippen molar-refractivity contribution in [3.63, 3.8) is 0 Å². The third-order valence-corrected chi connectivity index (χ3v) is 4.66. The zero-order valence-electron chi connectivity index (χ0n) is 15.4. The molecule has 6 nitrogen and oxygen atoms in total. The monoisotopic (exact) mass is 375 g/mol. The number of aromatic nitrogens is 2. The molecule has 1 aliphatic rings. The molecule has 0 N–H and O–H groups in total. The zero-order valence-corrected chi connectivity index (χ0v) is 15.4. The Bertz CT molecular complexity index is 911. The van der Waals surface area contributed by atoms with Crippen LogP contribution in [0.5, 0.6) is 17.4 Å². The molecule has 2 heterocycles. The van der Waals surface area contributed by atoms with Crippen LogP contribution in [-0.2, 0) is 0 Å². The van der Waals surface area contributed by atoms with Crippen molar-refractivity contribution in [2.75, 3.05) is 13.1 Å². The van der Waals surface area contributed by atoms with Crippen molar-refractivity contribution >= 4 is 5.91 Å². The predicted molar refractivity (Wildman–Crippen MR) is 105 cm³/mol. The van der Waals surface area contributed by atoms with Crippen molar-refractivity contribution in [3.8, 4) is 17.4 Å². The number of para-hydroxylation sites is 2. The number of rotatable bonds is 5. The van der Waals surface area contributed by atoms with Gasteiger partial charge in [0.1, 0.15) is 23.9 Å². The van der Waals surface area contributed by atoms with Crippen LogP contribution in [0.3, 0.4) is 0 Å². The summed E-state index contributed by atoms with van der Waals surface area (Å²) >= 11 is 0. The predicted octanol–water partition coefficient (Wildman–Crippen LogP) is 3.95. The van der Waals surface area contributed by atoms with Crippen LogP contribution in [0.25, 0.3) is 0 Å². The maximum absolute atomic E-state index is 13.1. The molecule has 142 valence electrons. The molecule has 0 atom stereocenters. The van der Waals surface area contributed by atoms with E-state index in [4.69, 9.17) is 9.47 Å². The van der Waals surface area contributed by atoms with Crippen LogP contribution in [0.15, 0.2) is 73.2 Å². The number of hydrogen-bond donors (Lipinski definition) is 0. The quantitative estimate of drug-likeness (QED) is 0.676. The molecule has 0 aliphatic carbocycles. The van der Waals surface area contributed by atoms with Gasteiger partial charge in [-0.1, -0.05) is 30.3 Å². The van der Waals surface area contributed by atoms with Gasteiger partial charge in [0.15, 0.2) is 0 Å². The Morgan fingerprint density at radius 3 is 2.46 bits per heavy atom. The first kappa shape index (κ1) is 18.0. The molecule has 0 radical (unpaired) electrons. The maximum Gasteiger partial charge on any atom is 0.257 e. The summed E-state index contributed by atoms with van der Waals surface area (Å²) in [6, 6.07) is 18.6. The lowest BCUT2D eigenvalue weighted by atomic mass is 10.1. The van der Waals surface area contributed by atoms with Gasteiger partial charge in [-0.3, -0.25) is 4.79 Å². The molecule has 0 unspecified atom stereocenters. The molecule has 0 bridgehead atoms. The molecule has 1 aliphatic heterocycles. The van der Waals surface area contributed by atoms with E-state index >= 15 is 0 Å². The van der Waals surface area contributed by atoms with Gasteiger partial charge in [0, 0.05) is 38.2 Å². The minimum atomic E-state index is -0.0213. The Balaban J connectivity index is 1.40. The number of ether oxygens (including phenoxy) is 2. The number of amides is 1. The van der Waals surface area contributed by atoms with Crippen molar-refractivity contribution < 1.29 is 14.3 Å². The van der Waals surface area contributed by atoms with Gasteiger partial charge in [0.25, 0.3) is 5.91 Å². The van der Waals surface area contributed by atoms with Gasteiger partial charge in [0.2, 0.25) is 5.88 Å². The lowest BCUT2D eigenvalue weighted by molar-refractivity contribution is 0.0585. The van der Waals surface area contributed by atoms with Crippen LogP contribution in [0, 0.1) is 0 Å². The summed E-state index contributed by atoms with van der Waals surface area (Å²) in [4.78, 5) is 22.9. The number of benzene rings is 2. The second kappa shape index (κ2) is 8.52. The molecule has 0 spiro atoms. The second-order valence-corrected chi connectivity index (χ2v) is 6.57. The van der Waals surface area contributed by atoms with E-state index in [2.05, 4.69) is 9.97 Å². The van der Waals surface area contributed by atoms with E-state index in [0.29, 0.717) is 36.0 Å². The third-order valence-electron chi connectivity index (χ3n) is 4.66. The highest BCUT2D eigenvalue weighted by atomic mass is 16.5. The largest absolute Gasteiger partial charge is 0.474 e. The maximum atomic E-state index is 13.1. The molecule has 1 saturated heterocycles. The fourth-order valence-corrected chi connectivity index (χ4v) is 3.21. The zero-order chi connectivity index (χ0) is 19.2. The summed E-state index contributed by atoms with van der Waals surface area (Å²) in [7, 11) is 0. The molecule has 1 fully saturated rings. The minimum Gasteiger partial charge on any atom is -0.474 e. The Kier molecular flexibility index (Phi) is 5.47. The summed E-state index contributed by atoms with van der Waals surface area (Å²) in [6.45, 7) is 1.27.